The van der Waals surface area contributed by atoms with Crippen molar-refractivity contribution < 1.29 is 80.2 Å². The first-order chi connectivity index (χ1) is 39.3. The minimum Gasteiger partial charge on any atom is -0.462 e. The van der Waals surface area contributed by atoms with E-state index in [1.807, 2.05) is 0 Å². The highest BCUT2D eigenvalue weighted by Gasteiger charge is 2.30. The van der Waals surface area contributed by atoms with Gasteiger partial charge in [-0.1, -0.05) is 254 Å². The number of carbonyl (C=O) groups is 4. The highest BCUT2D eigenvalue weighted by atomic mass is 31.2. The number of ether oxygens (including phenoxy) is 4. The maximum absolute atomic E-state index is 13.0. The Morgan fingerprint density at radius 3 is 0.927 bits per heavy atom. The molecule has 17 nitrogen and oxygen atoms in total. The summed E-state index contributed by atoms with van der Waals surface area (Å²) in [5, 5.41) is 10.5. The van der Waals surface area contributed by atoms with Crippen molar-refractivity contribution >= 4 is 39.5 Å². The van der Waals surface area contributed by atoms with Crippen LogP contribution in [0.3, 0.4) is 0 Å². The topological polar surface area (TPSA) is 237 Å². The Labute approximate surface area is 498 Å². The average Bonchev–Trinajstić information content (AvgIpc) is 3.45. The van der Waals surface area contributed by atoms with Gasteiger partial charge in [-0.05, 0) is 43.4 Å². The molecule has 0 aromatic rings. The number of esters is 4. The van der Waals surface area contributed by atoms with E-state index in [4.69, 9.17) is 37.0 Å². The third-order valence-corrected chi connectivity index (χ3v) is 16.6. The number of aliphatic hydroxyl groups excluding tert-OH is 1. The zero-order valence-corrected chi connectivity index (χ0v) is 54.7. The highest BCUT2D eigenvalue weighted by Crippen LogP contribution is 2.45. The van der Waals surface area contributed by atoms with Gasteiger partial charge >= 0.3 is 39.5 Å². The van der Waals surface area contributed by atoms with Crippen LogP contribution in [0, 0.1) is 17.8 Å². The molecule has 0 saturated carbocycles. The standard InChI is InChI=1S/C63H122O17P2/c1-8-10-11-12-13-14-15-16-17-21-30-37-44-60(65)73-50-58(79-62(67)46-39-32-22-19-18-20-29-36-43-56(7)9-2)52-77-81(69,70)75-48-57(64)49-76-82(71,72)78-53-59(80-63(68)47-40-33-26-24-28-35-42-55(5)6)51-74-61(66)45-38-31-25-23-27-34-41-54(3)4/h54-59,64H,8-53H2,1-7H3,(H,69,70)(H,71,72)/t56?,57-,58-,59-/m1/s1. The van der Waals surface area contributed by atoms with Crippen LogP contribution in [-0.4, -0.2) is 96.7 Å². The van der Waals surface area contributed by atoms with Crippen LogP contribution < -0.4 is 0 Å². The molecule has 0 radical (unpaired) electrons. The second kappa shape index (κ2) is 54.5. The molecule has 0 aliphatic rings. The molecule has 0 bridgehead atoms. The lowest BCUT2D eigenvalue weighted by molar-refractivity contribution is -0.161. The molecule has 0 aromatic carbocycles. The predicted molar refractivity (Wildman–Crippen MR) is 326 cm³/mol. The molecule has 19 heteroatoms. The summed E-state index contributed by atoms with van der Waals surface area (Å²) in [7, 11) is -9.88. The minimum absolute atomic E-state index is 0.101. The first-order valence-electron chi connectivity index (χ1n) is 32.9. The monoisotopic (exact) mass is 1210 g/mol. The van der Waals surface area contributed by atoms with Crippen LogP contribution in [0.1, 0.15) is 305 Å². The van der Waals surface area contributed by atoms with Crippen LogP contribution >= 0.6 is 15.6 Å². The summed E-state index contributed by atoms with van der Waals surface area (Å²) in [5.41, 5.74) is 0. The Kier molecular flexibility index (Phi) is 53.2. The number of phosphoric ester groups is 2. The molecule has 0 aliphatic heterocycles. The Morgan fingerprint density at radius 1 is 0.354 bits per heavy atom. The fourth-order valence-corrected chi connectivity index (χ4v) is 10.9. The first-order valence-corrected chi connectivity index (χ1v) is 35.9. The van der Waals surface area contributed by atoms with E-state index in [1.165, 1.54) is 109 Å². The van der Waals surface area contributed by atoms with Gasteiger partial charge in [0, 0.05) is 25.7 Å². The lowest BCUT2D eigenvalue weighted by atomic mass is 9.99. The second-order valence-corrected chi connectivity index (χ2v) is 26.9. The molecule has 82 heavy (non-hydrogen) atoms. The Hall–Kier alpha value is -1.94. The molecule has 0 aliphatic carbocycles. The lowest BCUT2D eigenvalue weighted by Gasteiger charge is -2.21. The molecular weight excluding hydrogens is 1090 g/mol. The summed E-state index contributed by atoms with van der Waals surface area (Å²) < 4.78 is 67.9. The Bertz CT molecular complexity index is 1630. The van der Waals surface area contributed by atoms with Crippen LogP contribution in [0.4, 0.5) is 0 Å². The van der Waals surface area contributed by atoms with Crippen LogP contribution in [-0.2, 0) is 65.4 Å². The van der Waals surface area contributed by atoms with Gasteiger partial charge in [0.15, 0.2) is 12.2 Å². The molecule has 0 rings (SSSR count). The maximum Gasteiger partial charge on any atom is 0.472 e. The number of hydrogen-bond acceptors (Lipinski definition) is 15. The fraction of sp³-hybridized carbons (Fsp3) is 0.937. The predicted octanol–water partition coefficient (Wildman–Crippen LogP) is 17.1. The molecule has 3 unspecified atom stereocenters. The Morgan fingerprint density at radius 2 is 0.622 bits per heavy atom. The van der Waals surface area contributed by atoms with Crippen molar-refractivity contribution in [3.05, 3.63) is 0 Å². The van der Waals surface area contributed by atoms with Crippen molar-refractivity contribution in [2.24, 2.45) is 17.8 Å². The van der Waals surface area contributed by atoms with Gasteiger partial charge in [-0.15, -0.1) is 0 Å². The molecular formula is C63H122O17P2. The van der Waals surface area contributed by atoms with Crippen molar-refractivity contribution in [2.75, 3.05) is 39.6 Å². The van der Waals surface area contributed by atoms with E-state index in [1.54, 1.807) is 0 Å². The number of unbranched alkanes of at least 4 members (excludes halogenated alkanes) is 28. The van der Waals surface area contributed by atoms with Crippen LogP contribution in [0.5, 0.6) is 0 Å². The van der Waals surface area contributed by atoms with Crippen molar-refractivity contribution in [1.29, 1.82) is 0 Å². The van der Waals surface area contributed by atoms with E-state index in [9.17, 15) is 43.2 Å². The van der Waals surface area contributed by atoms with E-state index >= 15 is 0 Å². The summed E-state index contributed by atoms with van der Waals surface area (Å²) in [6.45, 7) is 11.6. The maximum atomic E-state index is 13.0. The van der Waals surface area contributed by atoms with Crippen LogP contribution in [0.25, 0.3) is 0 Å². The largest absolute Gasteiger partial charge is 0.472 e. The van der Waals surface area contributed by atoms with E-state index < -0.39 is 97.5 Å². The number of hydrogen-bond donors (Lipinski definition) is 3. The van der Waals surface area contributed by atoms with Crippen molar-refractivity contribution in [3.63, 3.8) is 0 Å². The second-order valence-electron chi connectivity index (χ2n) is 24.0. The number of carbonyl (C=O) groups excluding carboxylic acids is 4. The molecule has 6 atom stereocenters. The number of phosphoric acid groups is 2. The average molecular weight is 1210 g/mol. The summed E-state index contributed by atoms with van der Waals surface area (Å²) >= 11 is 0. The van der Waals surface area contributed by atoms with E-state index in [2.05, 4.69) is 48.5 Å². The van der Waals surface area contributed by atoms with E-state index in [0.717, 1.165) is 102 Å². The zero-order valence-electron chi connectivity index (χ0n) is 52.9. The summed E-state index contributed by atoms with van der Waals surface area (Å²) in [5.74, 6) is -0.0248. The minimum atomic E-state index is -4.94. The smallest absolute Gasteiger partial charge is 0.462 e. The van der Waals surface area contributed by atoms with Gasteiger partial charge in [-0.3, -0.25) is 37.3 Å². The van der Waals surface area contributed by atoms with Gasteiger partial charge < -0.3 is 33.8 Å². The molecule has 486 valence electrons. The van der Waals surface area contributed by atoms with Crippen molar-refractivity contribution in [1.82, 2.24) is 0 Å². The van der Waals surface area contributed by atoms with E-state index in [-0.39, 0.29) is 25.7 Å². The van der Waals surface area contributed by atoms with Gasteiger partial charge in [0.2, 0.25) is 0 Å². The molecule has 0 saturated heterocycles. The third kappa shape index (κ3) is 55.9. The normalized spacial score (nSPS) is 14.7. The summed E-state index contributed by atoms with van der Waals surface area (Å²) in [6, 6.07) is 0. The van der Waals surface area contributed by atoms with Crippen molar-refractivity contribution in [2.45, 2.75) is 324 Å². The zero-order chi connectivity index (χ0) is 61.0. The van der Waals surface area contributed by atoms with Gasteiger partial charge in [0.25, 0.3) is 0 Å². The molecule has 0 fully saturated rings. The van der Waals surface area contributed by atoms with Gasteiger partial charge in [0.1, 0.15) is 19.3 Å². The summed E-state index contributed by atoms with van der Waals surface area (Å²) in [6.07, 6.45) is 35.1. The molecule has 0 spiro atoms. The SMILES string of the molecule is CCCCCCCCCCCCCCC(=O)OC[C@H](COP(=O)(O)OC[C@@H](O)COP(=O)(O)OC[C@@H](COC(=O)CCCCCCCCC(C)C)OC(=O)CCCCCCCCC(C)C)OC(=O)CCCCCCCCCCC(C)CC. The van der Waals surface area contributed by atoms with Crippen molar-refractivity contribution in [3.8, 4) is 0 Å². The Balaban J connectivity index is 5.24. The summed E-state index contributed by atoms with van der Waals surface area (Å²) in [4.78, 5) is 72.1. The highest BCUT2D eigenvalue weighted by molar-refractivity contribution is 7.47. The molecule has 0 amide bonds. The quantitative estimate of drug-likeness (QED) is 0.0222. The van der Waals surface area contributed by atoms with Gasteiger partial charge in [0.05, 0.1) is 26.4 Å². The van der Waals surface area contributed by atoms with E-state index in [0.29, 0.717) is 37.5 Å². The number of rotatable bonds is 61. The third-order valence-electron chi connectivity index (χ3n) is 14.7. The molecule has 0 aromatic heterocycles. The molecule has 0 heterocycles. The molecule has 3 N–H and O–H groups in total. The van der Waals surface area contributed by atoms with Gasteiger partial charge in [-0.2, -0.15) is 0 Å². The first kappa shape index (κ1) is 80.1. The lowest BCUT2D eigenvalue weighted by Crippen LogP contribution is -2.30. The number of aliphatic hydroxyl groups is 1. The van der Waals surface area contributed by atoms with Gasteiger partial charge in [-0.25, -0.2) is 9.13 Å². The van der Waals surface area contributed by atoms with Crippen LogP contribution in [0.15, 0.2) is 0 Å². The van der Waals surface area contributed by atoms with Crippen LogP contribution in [0.2, 0.25) is 0 Å². The fourth-order valence-electron chi connectivity index (χ4n) is 9.27.